The minimum atomic E-state index is 0.550. The molecule has 0 bridgehead atoms. The third-order valence-electron chi connectivity index (χ3n) is 3.10. The molecule has 0 aliphatic heterocycles. The molecular formula is C14H14N4. The first-order valence-electron chi connectivity index (χ1n) is 5.88. The second kappa shape index (κ2) is 4.23. The van der Waals surface area contributed by atoms with Crippen LogP contribution in [-0.4, -0.2) is 15.2 Å². The Labute approximate surface area is 105 Å². The zero-order valence-corrected chi connectivity index (χ0v) is 10.1. The van der Waals surface area contributed by atoms with E-state index in [1.807, 2.05) is 25.3 Å². The SMILES string of the molecule is Cc1[nH]nc2ncc(-c3cccc(CN)c3)cc12. The van der Waals surface area contributed by atoms with Gasteiger partial charge >= 0.3 is 0 Å². The van der Waals surface area contributed by atoms with E-state index in [-0.39, 0.29) is 0 Å². The minimum absolute atomic E-state index is 0.550. The van der Waals surface area contributed by atoms with Crippen LogP contribution in [0.5, 0.6) is 0 Å². The molecule has 0 saturated heterocycles. The molecular weight excluding hydrogens is 224 g/mol. The van der Waals surface area contributed by atoms with Crippen LogP contribution in [0.4, 0.5) is 0 Å². The summed E-state index contributed by atoms with van der Waals surface area (Å²) in [5, 5.41) is 8.14. The summed E-state index contributed by atoms with van der Waals surface area (Å²) in [7, 11) is 0. The van der Waals surface area contributed by atoms with E-state index in [4.69, 9.17) is 5.73 Å². The molecule has 2 aromatic heterocycles. The van der Waals surface area contributed by atoms with Crippen LogP contribution in [0.25, 0.3) is 22.2 Å². The monoisotopic (exact) mass is 238 g/mol. The molecule has 90 valence electrons. The number of aryl methyl sites for hydroxylation is 1. The molecule has 0 radical (unpaired) electrons. The lowest BCUT2D eigenvalue weighted by Crippen LogP contribution is -1.95. The second-order valence-corrected chi connectivity index (χ2v) is 4.35. The van der Waals surface area contributed by atoms with Gasteiger partial charge in [-0.3, -0.25) is 5.10 Å². The number of H-pyrrole nitrogens is 1. The molecule has 0 fully saturated rings. The average Bonchev–Trinajstić information content (AvgIpc) is 2.80. The van der Waals surface area contributed by atoms with Crippen molar-refractivity contribution in [3.63, 3.8) is 0 Å². The maximum atomic E-state index is 5.66. The highest BCUT2D eigenvalue weighted by atomic mass is 15.1. The van der Waals surface area contributed by atoms with Gasteiger partial charge in [-0.1, -0.05) is 18.2 Å². The summed E-state index contributed by atoms with van der Waals surface area (Å²) in [4.78, 5) is 4.36. The molecule has 0 spiro atoms. The molecule has 0 amide bonds. The highest BCUT2D eigenvalue weighted by molar-refractivity contribution is 5.82. The highest BCUT2D eigenvalue weighted by Gasteiger charge is 2.05. The van der Waals surface area contributed by atoms with Gasteiger partial charge in [-0.25, -0.2) is 4.98 Å². The Kier molecular flexibility index (Phi) is 2.57. The third-order valence-corrected chi connectivity index (χ3v) is 3.10. The molecule has 0 saturated carbocycles. The fraction of sp³-hybridized carbons (Fsp3) is 0.143. The largest absolute Gasteiger partial charge is 0.326 e. The predicted molar refractivity (Wildman–Crippen MR) is 72.0 cm³/mol. The Balaban J connectivity index is 2.15. The number of aromatic amines is 1. The van der Waals surface area contributed by atoms with Crippen molar-refractivity contribution in [3.8, 4) is 11.1 Å². The van der Waals surface area contributed by atoms with Gasteiger partial charge in [0.15, 0.2) is 5.65 Å². The lowest BCUT2D eigenvalue weighted by atomic mass is 10.0. The number of rotatable bonds is 2. The Morgan fingerprint density at radius 3 is 2.94 bits per heavy atom. The van der Waals surface area contributed by atoms with E-state index in [0.717, 1.165) is 33.4 Å². The molecule has 2 heterocycles. The molecule has 4 heteroatoms. The van der Waals surface area contributed by atoms with Crippen LogP contribution in [0.1, 0.15) is 11.3 Å². The Morgan fingerprint density at radius 1 is 1.22 bits per heavy atom. The van der Waals surface area contributed by atoms with Gasteiger partial charge in [0.05, 0.1) is 0 Å². The van der Waals surface area contributed by atoms with Gasteiger partial charge in [0.25, 0.3) is 0 Å². The lowest BCUT2D eigenvalue weighted by Gasteiger charge is -2.03. The quantitative estimate of drug-likeness (QED) is 0.720. The van der Waals surface area contributed by atoms with Crippen molar-refractivity contribution in [1.29, 1.82) is 0 Å². The van der Waals surface area contributed by atoms with E-state index in [1.54, 1.807) is 0 Å². The number of benzene rings is 1. The van der Waals surface area contributed by atoms with E-state index in [2.05, 4.69) is 33.4 Å². The number of hydrogen-bond donors (Lipinski definition) is 2. The normalized spacial score (nSPS) is 11.0. The van der Waals surface area contributed by atoms with E-state index in [1.165, 1.54) is 0 Å². The van der Waals surface area contributed by atoms with E-state index < -0.39 is 0 Å². The fourth-order valence-electron chi connectivity index (χ4n) is 2.06. The maximum Gasteiger partial charge on any atom is 0.181 e. The van der Waals surface area contributed by atoms with Crippen LogP contribution in [0.15, 0.2) is 36.5 Å². The van der Waals surface area contributed by atoms with Gasteiger partial charge < -0.3 is 5.73 Å². The summed E-state index contributed by atoms with van der Waals surface area (Å²) in [5.74, 6) is 0. The van der Waals surface area contributed by atoms with Crippen LogP contribution in [-0.2, 0) is 6.54 Å². The number of aromatic nitrogens is 3. The smallest absolute Gasteiger partial charge is 0.181 e. The maximum absolute atomic E-state index is 5.66. The molecule has 3 aromatic rings. The molecule has 1 aromatic carbocycles. The van der Waals surface area contributed by atoms with Gasteiger partial charge in [-0.2, -0.15) is 5.10 Å². The van der Waals surface area contributed by atoms with Gasteiger partial charge in [0, 0.05) is 29.4 Å². The van der Waals surface area contributed by atoms with Crippen molar-refractivity contribution >= 4 is 11.0 Å². The van der Waals surface area contributed by atoms with E-state index in [9.17, 15) is 0 Å². The van der Waals surface area contributed by atoms with Crippen molar-refractivity contribution in [2.75, 3.05) is 0 Å². The molecule has 4 nitrogen and oxygen atoms in total. The molecule has 0 aliphatic rings. The second-order valence-electron chi connectivity index (χ2n) is 4.35. The summed E-state index contributed by atoms with van der Waals surface area (Å²) in [6, 6.07) is 10.3. The number of nitrogens with one attached hydrogen (secondary N) is 1. The van der Waals surface area contributed by atoms with Gasteiger partial charge in [0.2, 0.25) is 0 Å². The Bertz CT molecular complexity index is 700. The zero-order valence-electron chi connectivity index (χ0n) is 10.1. The van der Waals surface area contributed by atoms with E-state index in [0.29, 0.717) is 6.54 Å². The first-order chi connectivity index (χ1) is 8.78. The summed E-state index contributed by atoms with van der Waals surface area (Å²) in [5.41, 5.74) is 10.8. The summed E-state index contributed by atoms with van der Waals surface area (Å²) in [6.45, 7) is 2.55. The number of pyridine rings is 1. The lowest BCUT2D eigenvalue weighted by molar-refractivity contribution is 1.05. The van der Waals surface area contributed by atoms with Crippen LogP contribution in [0.2, 0.25) is 0 Å². The van der Waals surface area contributed by atoms with Gasteiger partial charge in [0.1, 0.15) is 0 Å². The van der Waals surface area contributed by atoms with Gasteiger partial charge in [-0.05, 0) is 30.2 Å². The van der Waals surface area contributed by atoms with Crippen LogP contribution >= 0.6 is 0 Å². The number of hydrogen-bond acceptors (Lipinski definition) is 3. The van der Waals surface area contributed by atoms with Crippen molar-refractivity contribution in [2.45, 2.75) is 13.5 Å². The van der Waals surface area contributed by atoms with E-state index >= 15 is 0 Å². The summed E-state index contributed by atoms with van der Waals surface area (Å²) in [6.07, 6.45) is 1.85. The molecule has 3 rings (SSSR count). The Hall–Kier alpha value is -2.20. The Morgan fingerprint density at radius 2 is 2.11 bits per heavy atom. The predicted octanol–water partition coefficient (Wildman–Crippen LogP) is 2.39. The van der Waals surface area contributed by atoms with Crippen molar-refractivity contribution < 1.29 is 0 Å². The standard InChI is InChI=1S/C14H14N4/c1-9-13-6-12(8-16-14(13)18-17-9)11-4-2-3-10(5-11)7-15/h2-6,8H,7,15H2,1H3,(H,16,17,18). The van der Waals surface area contributed by atoms with Crippen LogP contribution in [0.3, 0.4) is 0 Å². The summed E-state index contributed by atoms with van der Waals surface area (Å²) < 4.78 is 0. The summed E-state index contributed by atoms with van der Waals surface area (Å²) >= 11 is 0. The van der Waals surface area contributed by atoms with Crippen molar-refractivity contribution in [1.82, 2.24) is 15.2 Å². The van der Waals surface area contributed by atoms with Crippen LogP contribution in [0, 0.1) is 6.92 Å². The average molecular weight is 238 g/mol. The fourth-order valence-corrected chi connectivity index (χ4v) is 2.06. The topological polar surface area (TPSA) is 67.6 Å². The molecule has 18 heavy (non-hydrogen) atoms. The number of nitrogens with two attached hydrogens (primary N) is 1. The first kappa shape index (κ1) is 10.9. The molecule has 0 atom stereocenters. The molecule has 3 N–H and O–H groups in total. The highest BCUT2D eigenvalue weighted by Crippen LogP contribution is 2.24. The molecule has 0 unspecified atom stereocenters. The van der Waals surface area contributed by atoms with Crippen molar-refractivity contribution in [3.05, 3.63) is 47.8 Å². The number of nitrogens with zero attached hydrogens (tertiary/aromatic N) is 2. The third kappa shape index (κ3) is 1.76. The number of fused-ring (bicyclic) bond motifs is 1. The van der Waals surface area contributed by atoms with Gasteiger partial charge in [-0.15, -0.1) is 0 Å². The minimum Gasteiger partial charge on any atom is -0.326 e. The molecule has 0 aliphatic carbocycles. The van der Waals surface area contributed by atoms with Crippen LogP contribution < -0.4 is 5.73 Å². The first-order valence-corrected chi connectivity index (χ1v) is 5.88. The zero-order chi connectivity index (χ0) is 12.5. The van der Waals surface area contributed by atoms with Crippen molar-refractivity contribution in [2.24, 2.45) is 5.73 Å².